The Morgan fingerprint density at radius 2 is 1.86 bits per heavy atom. The van der Waals surface area contributed by atoms with E-state index in [9.17, 15) is 8.78 Å². The molecule has 1 aromatic rings. The van der Waals surface area contributed by atoms with Crippen molar-refractivity contribution in [1.82, 2.24) is 0 Å². The van der Waals surface area contributed by atoms with Gasteiger partial charge in [-0.15, -0.1) is 0 Å². The molecule has 0 saturated carbocycles. The van der Waals surface area contributed by atoms with Gasteiger partial charge in [0.05, 0.1) is 0 Å². The molecule has 0 N–H and O–H groups in total. The number of ether oxygens (including phenoxy) is 1. The summed E-state index contributed by atoms with van der Waals surface area (Å²) in [5.74, 6) is 4.78. The predicted octanol–water partition coefficient (Wildman–Crippen LogP) is 2.16. The van der Waals surface area contributed by atoms with Crippen molar-refractivity contribution in [2.45, 2.75) is 6.61 Å². The highest BCUT2D eigenvalue weighted by atomic mass is 19.3. The van der Waals surface area contributed by atoms with E-state index in [-0.39, 0.29) is 5.75 Å². The molecule has 0 aromatic heterocycles. The van der Waals surface area contributed by atoms with Crippen molar-refractivity contribution in [3.05, 3.63) is 29.8 Å². The summed E-state index contributed by atoms with van der Waals surface area (Å²) < 4.78 is 27.6. The molecule has 14 heavy (non-hydrogen) atoms. The summed E-state index contributed by atoms with van der Waals surface area (Å²) in [5.41, 5.74) is 0.577. The highest BCUT2D eigenvalue weighted by Crippen LogP contribution is 2.14. The molecule has 0 unspecified atom stereocenters. The lowest BCUT2D eigenvalue weighted by Crippen LogP contribution is -2.01. The molecular formula is C10H5F2NO. The van der Waals surface area contributed by atoms with Gasteiger partial charge in [0, 0.05) is 11.5 Å². The van der Waals surface area contributed by atoms with Crippen LogP contribution in [0.2, 0.25) is 0 Å². The van der Waals surface area contributed by atoms with E-state index in [2.05, 4.69) is 16.6 Å². The van der Waals surface area contributed by atoms with Crippen LogP contribution >= 0.6 is 0 Å². The summed E-state index contributed by atoms with van der Waals surface area (Å²) in [5, 5.41) is 8.15. The molecule has 70 valence electrons. The van der Waals surface area contributed by atoms with Crippen LogP contribution in [0.4, 0.5) is 8.78 Å². The molecule has 0 heterocycles. The van der Waals surface area contributed by atoms with Crippen LogP contribution in [-0.2, 0) is 0 Å². The Bertz CT molecular complexity index is 395. The van der Waals surface area contributed by atoms with Gasteiger partial charge in [-0.3, -0.25) is 0 Å². The largest absolute Gasteiger partial charge is 0.435 e. The van der Waals surface area contributed by atoms with Crippen LogP contribution in [0, 0.1) is 23.2 Å². The molecule has 0 amide bonds. The third-order valence-electron chi connectivity index (χ3n) is 1.34. The standard InChI is InChI=1S/C10H5F2NO/c11-10(12)14-9-5-3-8(4-6-9)2-1-7-13/h3-6,10H. The van der Waals surface area contributed by atoms with Gasteiger partial charge in [0.15, 0.2) is 6.07 Å². The molecule has 0 spiro atoms. The Morgan fingerprint density at radius 3 is 2.36 bits per heavy atom. The van der Waals surface area contributed by atoms with E-state index in [4.69, 9.17) is 5.26 Å². The molecule has 0 bridgehead atoms. The lowest BCUT2D eigenvalue weighted by atomic mass is 10.2. The maximum Gasteiger partial charge on any atom is 0.387 e. The Labute approximate surface area is 79.7 Å². The minimum atomic E-state index is -2.83. The van der Waals surface area contributed by atoms with Gasteiger partial charge in [-0.2, -0.15) is 14.0 Å². The smallest absolute Gasteiger partial charge is 0.387 e. The average Bonchev–Trinajstić information content (AvgIpc) is 2.16. The summed E-state index contributed by atoms with van der Waals surface area (Å²) in [6.07, 6.45) is 0. The zero-order chi connectivity index (χ0) is 10.4. The quantitative estimate of drug-likeness (QED) is 0.674. The lowest BCUT2D eigenvalue weighted by Gasteiger charge is -2.02. The second kappa shape index (κ2) is 4.84. The second-order valence-electron chi connectivity index (χ2n) is 2.26. The van der Waals surface area contributed by atoms with E-state index in [1.54, 1.807) is 6.07 Å². The molecule has 0 atom stereocenters. The first-order valence-corrected chi connectivity index (χ1v) is 3.67. The topological polar surface area (TPSA) is 33.0 Å². The fraction of sp³-hybridized carbons (Fsp3) is 0.100. The van der Waals surface area contributed by atoms with Crippen molar-refractivity contribution in [1.29, 1.82) is 5.26 Å². The van der Waals surface area contributed by atoms with Gasteiger partial charge in [-0.1, -0.05) is 5.92 Å². The second-order valence-corrected chi connectivity index (χ2v) is 2.26. The van der Waals surface area contributed by atoms with Gasteiger partial charge in [0.25, 0.3) is 0 Å². The molecular weight excluding hydrogens is 188 g/mol. The third-order valence-corrected chi connectivity index (χ3v) is 1.34. The van der Waals surface area contributed by atoms with Crippen LogP contribution in [0.15, 0.2) is 24.3 Å². The summed E-state index contributed by atoms with van der Waals surface area (Å²) in [4.78, 5) is 0. The molecule has 0 aliphatic carbocycles. The van der Waals surface area contributed by atoms with Crippen LogP contribution in [0.1, 0.15) is 5.56 Å². The van der Waals surface area contributed by atoms with Gasteiger partial charge in [-0.25, -0.2) is 0 Å². The number of benzene rings is 1. The van der Waals surface area contributed by atoms with Crippen molar-refractivity contribution >= 4 is 0 Å². The number of rotatable bonds is 2. The molecule has 2 nitrogen and oxygen atoms in total. The number of hydrogen-bond acceptors (Lipinski definition) is 2. The van der Waals surface area contributed by atoms with E-state index in [1.807, 2.05) is 0 Å². The molecule has 0 saturated heterocycles. The first kappa shape index (κ1) is 10.0. The van der Waals surface area contributed by atoms with E-state index in [0.29, 0.717) is 5.56 Å². The average molecular weight is 193 g/mol. The van der Waals surface area contributed by atoms with Gasteiger partial charge in [-0.05, 0) is 24.3 Å². The maximum absolute atomic E-state index is 11.7. The summed E-state index contributed by atoms with van der Waals surface area (Å²) in [7, 11) is 0. The van der Waals surface area contributed by atoms with E-state index in [0.717, 1.165) is 0 Å². The van der Waals surface area contributed by atoms with Crippen LogP contribution in [0.25, 0.3) is 0 Å². The number of halogens is 2. The zero-order valence-corrected chi connectivity index (χ0v) is 7.00. The minimum absolute atomic E-state index is 0.0718. The summed E-state index contributed by atoms with van der Waals surface area (Å²) in [6.45, 7) is -2.83. The van der Waals surface area contributed by atoms with Crippen molar-refractivity contribution in [2.75, 3.05) is 0 Å². The van der Waals surface area contributed by atoms with Gasteiger partial charge >= 0.3 is 6.61 Å². The zero-order valence-electron chi connectivity index (χ0n) is 7.00. The van der Waals surface area contributed by atoms with Crippen molar-refractivity contribution in [2.24, 2.45) is 0 Å². The summed E-state index contributed by atoms with van der Waals surface area (Å²) in [6, 6.07) is 7.39. The van der Waals surface area contributed by atoms with Crippen molar-refractivity contribution in [3.63, 3.8) is 0 Å². The monoisotopic (exact) mass is 193 g/mol. The molecule has 0 radical (unpaired) electrons. The predicted molar refractivity (Wildman–Crippen MR) is 45.6 cm³/mol. The number of alkyl halides is 2. The molecule has 4 heteroatoms. The maximum atomic E-state index is 11.7. The van der Waals surface area contributed by atoms with Crippen molar-refractivity contribution in [3.8, 4) is 23.7 Å². The molecule has 1 aromatic carbocycles. The van der Waals surface area contributed by atoms with Gasteiger partial charge < -0.3 is 4.74 Å². The van der Waals surface area contributed by atoms with E-state index in [1.165, 1.54) is 24.3 Å². The van der Waals surface area contributed by atoms with Crippen LogP contribution in [0.3, 0.4) is 0 Å². The van der Waals surface area contributed by atoms with Gasteiger partial charge in [0.1, 0.15) is 5.75 Å². The van der Waals surface area contributed by atoms with E-state index < -0.39 is 6.61 Å². The molecule has 0 aliphatic heterocycles. The van der Waals surface area contributed by atoms with Crippen LogP contribution in [0.5, 0.6) is 5.75 Å². The Hall–Kier alpha value is -2.07. The van der Waals surface area contributed by atoms with Crippen molar-refractivity contribution < 1.29 is 13.5 Å². The Balaban J connectivity index is 2.74. The van der Waals surface area contributed by atoms with Crippen LogP contribution in [-0.4, -0.2) is 6.61 Å². The Kier molecular flexibility index (Phi) is 3.46. The third kappa shape index (κ3) is 3.12. The number of nitrogens with zero attached hydrogens (tertiary/aromatic N) is 1. The number of nitriles is 1. The highest BCUT2D eigenvalue weighted by Gasteiger charge is 2.02. The number of hydrogen-bond donors (Lipinski definition) is 0. The fourth-order valence-corrected chi connectivity index (χ4v) is 0.820. The first-order valence-electron chi connectivity index (χ1n) is 3.67. The first-order chi connectivity index (χ1) is 6.72. The fourth-order valence-electron chi connectivity index (χ4n) is 0.820. The molecule has 0 fully saturated rings. The minimum Gasteiger partial charge on any atom is -0.435 e. The molecule has 1 rings (SSSR count). The normalized spacial score (nSPS) is 8.71. The van der Waals surface area contributed by atoms with Gasteiger partial charge in [0.2, 0.25) is 0 Å². The SMILES string of the molecule is N#CC#Cc1ccc(OC(F)F)cc1. The highest BCUT2D eigenvalue weighted by molar-refractivity contribution is 5.40. The molecule has 0 aliphatic rings. The summed E-state index contributed by atoms with van der Waals surface area (Å²) >= 11 is 0. The van der Waals surface area contributed by atoms with Crippen LogP contribution < -0.4 is 4.74 Å². The Morgan fingerprint density at radius 1 is 1.21 bits per heavy atom. The van der Waals surface area contributed by atoms with E-state index >= 15 is 0 Å². The lowest BCUT2D eigenvalue weighted by molar-refractivity contribution is -0.0498.